The van der Waals surface area contributed by atoms with Gasteiger partial charge in [0, 0.05) is 55.1 Å². The minimum atomic E-state index is -0.249. The van der Waals surface area contributed by atoms with Gasteiger partial charge < -0.3 is 20.7 Å². The van der Waals surface area contributed by atoms with E-state index in [0.717, 1.165) is 41.4 Å². The van der Waals surface area contributed by atoms with Crippen LogP contribution in [0.2, 0.25) is 5.02 Å². The van der Waals surface area contributed by atoms with E-state index in [1.165, 1.54) is 11.0 Å². The SMILES string of the molecule is CCOC1CN(c2ccc(Cn3cc(C(=O)NCc4cc(Cl)ccc4-n4cnnn4)cn3)c(C)n2)CC1C(C)N. The Labute approximate surface area is 237 Å². The van der Waals surface area contributed by atoms with Crippen molar-refractivity contribution in [3.63, 3.8) is 0 Å². The number of ether oxygens (including phenoxy) is 1. The molecule has 1 aliphatic heterocycles. The summed E-state index contributed by atoms with van der Waals surface area (Å²) in [4.78, 5) is 20.0. The first-order chi connectivity index (χ1) is 19.3. The normalized spacial score (nSPS) is 17.8. The molecule has 3 unspecified atom stereocenters. The van der Waals surface area contributed by atoms with Gasteiger partial charge in [0.05, 0.1) is 30.1 Å². The number of carbonyl (C=O) groups is 1. The van der Waals surface area contributed by atoms with E-state index in [4.69, 9.17) is 27.1 Å². The van der Waals surface area contributed by atoms with E-state index < -0.39 is 0 Å². The number of anilines is 1. The number of halogens is 1. The van der Waals surface area contributed by atoms with Crippen molar-refractivity contribution in [3.05, 3.63) is 76.5 Å². The lowest BCUT2D eigenvalue weighted by atomic mass is 9.99. The molecule has 1 saturated heterocycles. The Morgan fingerprint density at radius 2 is 2.10 bits per heavy atom. The highest BCUT2D eigenvalue weighted by Crippen LogP contribution is 2.27. The van der Waals surface area contributed by atoms with Crippen molar-refractivity contribution in [2.75, 3.05) is 24.6 Å². The quantitative estimate of drug-likeness (QED) is 0.297. The van der Waals surface area contributed by atoms with Gasteiger partial charge in [-0.2, -0.15) is 5.10 Å². The number of nitrogens with two attached hydrogens (primary N) is 1. The van der Waals surface area contributed by atoms with E-state index in [-0.39, 0.29) is 30.5 Å². The van der Waals surface area contributed by atoms with Crippen LogP contribution in [-0.4, -0.2) is 72.7 Å². The molecule has 0 bridgehead atoms. The Hall–Kier alpha value is -3.87. The van der Waals surface area contributed by atoms with Gasteiger partial charge in [0.25, 0.3) is 5.91 Å². The molecular formula is C27H33ClN10O2. The molecule has 0 radical (unpaired) electrons. The Morgan fingerprint density at radius 1 is 1.25 bits per heavy atom. The molecule has 1 aliphatic rings. The third-order valence-corrected chi connectivity index (χ3v) is 7.41. The van der Waals surface area contributed by atoms with Crippen molar-refractivity contribution in [3.8, 4) is 5.69 Å². The van der Waals surface area contributed by atoms with Crippen molar-refractivity contribution in [2.24, 2.45) is 11.7 Å². The summed E-state index contributed by atoms with van der Waals surface area (Å²) in [6.45, 7) is 9.03. The smallest absolute Gasteiger partial charge is 0.254 e. The summed E-state index contributed by atoms with van der Waals surface area (Å²) >= 11 is 6.18. The van der Waals surface area contributed by atoms with E-state index in [1.54, 1.807) is 35.3 Å². The van der Waals surface area contributed by atoms with Gasteiger partial charge in [-0.15, -0.1) is 5.10 Å². The van der Waals surface area contributed by atoms with Gasteiger partial charge in [0.15, 0.2) is 0 Å². The summed E-state index contributed by atoms with van der Waals surface area (Å²) < 4.78 is 9.20. The molecule has 4 aromatic rings. The highest BCUT2D eigenvalue weighted by atomic mass is 35.5. The van der Waals surface area contributed by atoms with Crippen LogP contribution in [0.15, 0.2) is 49.1 Å². The number of nitrogens with zero attached hydrogens (tertiary/aromatic N) is 8. The largest absolute Gasteiger partial charge is 0.376 e. The molecule has 0 spiro atoms. The molecule has 4 heterocycles. The molecule has 1 aromatic carbocycles. The van der Waals surface area contributed by atoms with E-state index >= 15 is 0 Å². The van der Waals surface area contributed by atoms with E-state index in [1.807, 2.05) is 26.8 Å². The number of aryl methyl sites for hydroxylation is 1. The second-order valence-corrected chi connectivity index (χ2v) is 10.4. The number of nitrogens with one attached hydrogen (secondary N) is 1. The van der Waals surface area contributed by atoms with Crippen LogP contribution in [-0.2, 0) is 17.8 Å². The first-order valence-corrected chi connectivity index (χ1v) is 13.6. The van der Waals surface area contributed by atoms with Crippen LogP contribution in [0.1, 0.15) is 41.0 Å². The van der Waals surface area contributed by atoms with Crippen molar-refractivity contribution in [1.82, 2.24) is 40.3 Å². The standard InChI is InChI=1S/C27H33ClN10O2/c1-4-40-25-15-36(14-23(25)17(2)29)26-8-5-19(18(3)33-26)12-37-13-21(11-32-37)27(39)30-10-20-9-22(28)6-7-24(20)38-16-31-34-35-38/h5-9,11,13,16-17,23,25H,4,10,12,14-15,29H2,1-3H3,(H,30,39). The summed E-state index contributed by atoms with van der Waals surface area (Å²) in [5, 5.41) is 19.2. The second kappa shape index (κ2) is 12.1. The van der Waals surface area contributed by atoms with Gasteiger partial charge in [-0.1, -0.05) is 17.7 Å². The minimum Gasteiger partial charge on any atom is -0.376 e. The zero-order valence-corrected chi connectivity index (χ0v) is 23.5. The summed E-state index contributed by atoms with van der Waals surface area (Å²) in [7, 11) is 0. The zero-order valence-electron chi connectivity index (χ0n) is 22.7. The summed E-state index contributed by atoms with van der Waals surface area (Å²) in [6.07, 6.45) is 4.87. The number of benzene rings is 1. The maximum Gasteiger partial charge on any atom is 0.254 e. The van der Waals surface area contributed by atoms with Crippen LogP contribution >= 0.6 is 11.6 Å². The number of pyridine rings is 1. The first kappa shape index (κ1) is 27.7. The summed E-state index contributed by atoms with van der Waals surface area (Å²) in [5.41, 5.74) is 10.1. The molecule has 40 heavy (non-hydrogen) atoms. The van der Waals surface area contributed by atoms with Crippen molar-refractivity contribution < 1.29 is 9.53 Å². The third-order valence-electron chi connectivity index (χ3n) is 7.17. The number of carbonyl (C=O) groups excluding carboxylic acids is 1. The van der Waals surface area contributed by atoms with Crippen molar-refractivity contribution in [1.29, 1.82) is 0 Å². The predicted molar refractivity (Wildman–Crippen MR) is 150 cm³/mol. The topological polar surface area (TPSA) is 142 Å². The Morgan fingerprint density at radius 3 is 2.83 bits per heavy atom. The zero-order chi connectivity index (χ0) is 28.2. The van der Waals surface area contributed by atoms with Crippen LogP contribution < -0.4 is 16.0 Å². The molecule has 5 rings (SSSR count). The maximum absolute atomic E-state index is 12.9. The minimum absolute atomic E-state index is 0.0478. The highest BCUT2D eigenvalue weighted by molar-refractivity contribution is 6.30. The van der Waals surface area contributed by atoms with Crippen molar-refractivity contribution in [2.45, 2.75) is 46.0 Å². The number of hydrogen-bond donors (Lipinski definition) is 2. The molecule has 3 atom stereocenters. The first-order valence-electron chi connectivity index (χ1n) is 13.2. The van der Waals surface area contributed by atoms with Crippen LogP contribution in [0, 0.1) is 12.8 Å². The molecule has 13 heteroatoms. The number of rotatable bonds is 10. The number of tetrazole rings is 1. The fourth-order valence-electron chi connectivity index (χ4n) is 5.01. The van der Waals surface area contributed by atoms with Crippen molar-refractivity contribution >= 4 is 23.3 Å². The Balaban J connectivity index is 1.22. The molecule has 1 fully saturated rings. The van der Waals surface area contributed by atoms with Crippen LogP contribution in [0.25, 0.3) is 5.69 Å². The molecule has 0 saturated carbocycles. The van der Waals surface area contributed by atoms with Gasteiger partial charge in [-0.25, -0.2) is 9.67 Å². The van der Waals surface area contributed by atoms with Gasteiger partial charge in [-0.3, -0.25) is 9.48 Å². The molecule has 3 aromatic heterocycles. The lowest BCUT2D eigenvalue weighted by Crippen LogP contribution is -2.36. The average Bonchev–Trinajstić information content (AvgIpc) is 3.70. The lowest BCUT2D eigenvalue weighted by Gasteiger charge is -2.21. The maximum atomic E-state index is 12.9. The predicted octanol–water partition coefficient (Wildman–Crippen LogP) is 2.38. The van der Waals surface area contributed by atoms with E-state index in [2.05, 4.69) is 36.9 Å². The fourth-order valence-corrected chi connectivity index (χ4v) is 5.21. The fraction of sp³-hybridized carbons (Fsp3) is 0.407. The van der Waals surface area contributed by atoms with Gasteiger partial charge in [-0.05, 0) is 66.6 Å². The average molecular weight is 565 g/mol. The van der Waals surface area contributed by atoms with Gasteiger partial charge in [0.2, 0.25) is 0 Å². The lowest BCUT2D eigenvalue weighted by molar-refractivity contribution is 0.0415. The molecule has 1 amide bonds. The molecule has 3 N–H and O–H groups in total. The number of aromatic nitrogens is 7. The number of hydrogen-bond acceptors (Lipinski definition) is 9. The van der Waals surface area contributed by atoms with Gasteiger partial charge >= 0.3 is 0 Å². The van der Waals surface area contributed by atoms with Gasteiger partial charge in [0.1, 0.15) is 12.1 Å². The Kier molecular flexibility index (Phi) is 8.38. The Bertz CT molecular complexity index is 1460. The third kappa shape index (κ3) is 6.14. The highest BCUT2D eigenvalue weighted by Gasteiger charge is 2.36. The monoisotopic (exact) mass is 564 g/mol. The van der Waals surface area contributed by atoms with Crippen LogP contribution in [0.4, 0.5) is 5.82 Å². The second-order valence-electron chi connectivity index (χ2n) is 9.97. The van der Waals surface area contributed by atoms with Crippen LogP contribution in [0.5, 0.6) is 0 Å². The molecule has 0 aliphatic carbocycles. The molecule has 210 valence electrons. The summed E-state index contributed by atoms with van der Waals surface area (Å²) in [6, 6.07) is 9.46. The van der Waals surface area contributed by atoms with Crippen LogP contribution in [0.3, 0.4) is 0 Å². The molecule has 12 nitrogen and oxygen atoms in total. The molecular weight excluding hydrogens is 532 g/mol. The van der Waals surface area contributed by atoms with E-state index in [9.17, 15) is 4.79 Å². The van der Waals surface area contributed by atoms with E-state index in [0.29, 0.717) is 23.7 Å². The summed E-state index contributed by atoms with van der Waals surface area (Å²) in [5.74, 6) is 0.928. The number of amides is 1.